The number of carbonyl (C=O) groups excluding carboxylic acids is 1. The van der Waals surface area contributed by atoms with Crippen LogP contribution < -0.4 is 0 Å². The third-order valence-electron chi connectivity index (χ3n) is 2.29. The van der Waals surface area contributed by atoms with Crippen LogP contribution in [0.1, 0.15) is 29.4 Å². The first-order valence-corrected chi connectivity index (χ1v) is 7.95. The SMILES string of the molecule is CCCCN(CC(F)(F)F)C(=O)c1cc(Br)c(Br)s1. The molecular formula is C11H12Br2F3NOS. The van der Waals surface area contributed by atoms with Crippen LogP contribution >= 0.6 is 43.2 Å². The lowest BCUT2D eigenvalue weighted by molar-refractivity contribution is -0.140. The Morgan fingerprint density at radius 1 is 1.42 bits per heavy atom. The highest BCUT2D eigenvalue weighted by Gasteiger charge is 2.33. The number of unbranched alkanes of at least 4 members (excludes halogenated alkanes) is 1. The molecule has 1 aromatic heterocycles. The van der Waals surface area contributed by atoms with Gasteiger partial charge in [-0.15, -0.1) is 11.3 Å². The summed E-state index contributed by atoms with van der Waals surface area (Å²) in [6, 6.07) is 1.53. The van der Waals surface area contributed by atoms with Gasteiger partial charge in [0.05, 0.1) is 8.66 Å². The molecule has 2 nitrogen and oxygen atoms in total. The minimum atomic E-state index is -4.38. The minimum absolute atomic E-state index is 0.113. The van der Waals surface area contributed by atoms with Crippen molar-refractivity contribution in [1.29, 1.82) is 0 Å². The number of rotatable bonds is 5. The normalized spacial score (nSPS) is 11.7. The zero-order valence-corrected chi connectivity index (χ0v) is 14.0. The van der Waals surface area contributed by atoms with Crippen LogP contribution in [0.15, 0.2) is 14.3 Å². The number of halogens is 5. The van der Waals surface area contributed by atoms with E-state index in [0.717, 1.165) is 22.7 Å². The number of thiophene rings is 1. The molecule has 0 aliphatic carbocycles. The summed E-state index contributed by atoms with van der Waals surface area (Å²) in [4.78, 5) is 13.2. The molecule has 0 radical (unpaired) electrons. The van der Waals surface area contributed by atoms with E-state index in [0.29, 0.717) is 19.6 Å². The standard InChI is InChI=1S/C11H12Br2F3NOS/c1-2-3-4-17(6-11(14,15)16)10(18)8-5-7(12)9(13)19-8/h5H,2-4,6H2,1H3. The second-order valence-electron chi connectivity index (χ2n) is 3.93. The van der Waals surface area contributed by atoms with Gasteiger partial charge in [0.2, 0.25) is 0 Å². The first-order chi connectivity index (χ1) is 8.74. The first-order valence-electron chi connectivity index (χ1n) is 5.55. The number of hydrogen-bond acceptors (Lipinski definition) is 2. The molecule has 0 unspecified atom stereocenters. The van der Waals surface area contributed by atoms with Crippen molar-refractivity contribution in [3.05, 3.63) is 19.2 Å². The summed E-state index contributed by atoms with van der Waals surface area (Å²) >= 11 is 7.57. The van der Waals surface area contributed by atoms with Crippen LogP contribution in [0.5, 0.6) is 0 Å². The zero-order valence-electron chi connectivity index (χ0n) is 10.1. The predicted molar refractivity (Wildman–Crippen MR) is 76.6 cm³/mol. The lowest BCUT2D eigenvalue weighted by atomic mass is 10.3. The third-order valence-corrected chi connectivity index (χ3v) is 5.54. The van der Waals surface area contributed by atoms with Crippen LogP contribution in [0.4, 0.5) is 13.2 Å². The Morgan fingerprint density at radius 2 is 2.05 bits per heavy atom. The number of carbonyl (C=O) groups is 1. The van der Waals surface area contributed by atoms with Crippen LogP contribution in [0, 0.1) is 0 Å². The van der Waals surface area contributed by atoms with Gasteiger partial charge >= 0.3 is 6.18 Å². The van der Waals surface area contributed by atoms with Crippen LogP contribution in [-0.4, -0.2) is 30.1 Å². The number of nitrogens with zero attached hydrogens (tertiary/aromatic N) is 1. The number of hydrogen-bond donors (Lipinski definition) is 0. The fourth-order valence-electron chi connectivity index (χ4n) is 1.43. The van der Waals surface area contributed by atoms with E-state index in [-0.39, 0.29) is 6.54 Å². The van der Waals surface area contributed by atoms with Gasteiger partial charge in [-0.2, -0.15) is 13.2 Å². The molecule has 0 atom stereocenters. The Labute approximate surface area is 130 Å². The van der Waals surface area contributed by atoms with Crippen LogP contribution in [0.3, 0.4) is 0 Å². The molecule has 0 bridgehead atoms. The predicted octanol–water partition coefficient (Wildman–Crippen LogP) is 5.08. The third kappa shape index (κ3) is 5.43. The Hall–Kier alpha value is -0.0800. The zero-order chi connectivity index (χ0) is 14.6. The summed E-state index contributed by atoms with van der Waals surface area (Å²) in [5.41, 5.74) is 0. The summed E-state index contributed by atoms with van der Waals surface area (Å²) in [6.45, 7) is 0.773. The monoisotopic (exact) mass is 421 g/mol. The summed E-state index contributed by atoms with van der Waals surface area (Å²) in [5, 5.41) is 0. The quantitative estimate of drug-likeness (QED) is 0.648. The maximum Gasteiger partial charge on any atom is 0.406 e. The lowest BCUT2D eigenvalue weighted by Gasteiger charge is -2.23. The molecule has 1 heterocycles. The van der Waals surface area contributed by atoms with Crippen molar-refractivity contribution < 1.29 is 18.0 Å². The topological polar surface area (TPSA) is 20.3 Å². The van der Waals surface area contributed by atoms with Gasteiger partial charge in [-0.1, -0.05) is 13.3 Å². The van der Waals surface area contributed by atoms with Crippen molar-refractivity contribution in [3.8, 4) is 0 Å². The molecular weight excluding hydrogens is 411 g/mol. The van der Waals surface area contributed by atoms with E-state index >= 15 is 0 Å². The van der Waals surface area contributed by atoms with E-state index in [2.05, 4.69) is 31.9 Å². The fourth-order valence-corrected chi connectivity index (χ4v) is 3.43. The Kier molecular flexibility index (Phi) is 6.32. The van der Waals surface area contributed by atoms with Gasteiger partial charge in [0.25, 0.3) is 5.91 Å². The van der Waals surface area contributed by atoms with Gasteiger partial charge in [0.15, 0.2) is 0 Å². The summed E-state index contributed by atoms with van der Waals surface area (Å²) < 4.78 is 38.8. The van der Waals surface area contributed by atoms with Crippen molar-refractivity contribution in [2.75, 3.05) is 13.1 Å². The number of amides is 1. The molecule has 0 saturated heterocycles. The van der Waals surface area contributed by atoms with Crippen LogP contribution in [-0.2, 0) is 0 Å². The maximum absolute atomic E-state index is 12.5. The summed E-state index contributed by atoms with van der Waals surface area (Å²) in [6.07, 6.45) is -3.09. The molecule has 108 valence electrons. The highest BCUT2D eigenvalue weighted by molar-refractivity contribution is 9.13. The van der Waals surface area contributed by atoms with E-state index in [1.54, 1.807) is 0 Å². The van der Waals surface area contributed by atoms with Crippen molar-refractivity contribution in [2.45, 2.75) is 25.9 Å². The van der Waals surface area contributed by atoms with Gasteiger partial charge in [-0.3, -0.25) is 4.79 Å². The molecule has 1 aromatic rings. The molecule has 19 heavy (non-hydrogen) atoms. The van der Waals surface area contributed by atoms with Crippen molar-refractivity contribution in [3.63, 3.8) is 0 Å². The fraction of sp³-hybridized carbons (Fsp3) is 0.545. The van der Waals surface area contributed by atoms with Crippen molar-refractivity contribution >= 4 is 49.1 Å². The van der Waals surface area contributed by atoms with Gasteiger partial charge in [-0.25, -0.2) is 0 Å². The molecule has 1 rings (SSSR count). The molecule has 8 heteroatoms. The van der Waals surface area contributed by atoms with Crippen molar-refractivity contribution in [1.82, 2.24) is 4.90 Å². The van der Waals surface area contributed by atoms with Crippen molar-refractivity contribution in [2.24, 2.45) is 0 Å². The highest BCUT2D eigenvalue weighted by Crippen LogP contribution is 2.33. The van der Waals surface area contributed by atoms with E-state index in [4.69, 9.17) is 0 Å². The van der Waals surface area contributed by atoms with Gasteiger partial charge < -0.3 is 4.90 Å². The molecule has 0 aliphatic rings. The molecule has 0 spiro atoms. The molecule has 0 fully saturated rings. The Bertz CT molecular complexity index is 428. The second kappa shape index (κ2) is 7.08. The van der Waals surface area contributed by atoms with Crippen LogP contribution in [0.2, 0.25) is 0 Å². The summed E-state index contributed by atoms with van der Waals surface area (Å²) in [7, 11) is 0. The van der Waals surface area contributed by atoms with Gasteiger partial charge in [0.1, 0.15) is 6.54 Å². The molecule has 1 amide bonds. The largest absolute Gasteiger partial charge is 0.406 e. The van der Waals surface area contributed by atoms with E-state index in [1.165, 1.54) is 6.07 Å². The molecule has 0 aromatic carbocycles. The molecule has 0 aliphatic heterocycles. The maximum atomic E-state index is 12.5. The Morgan fingerprint density at radius 3 is 2.47 bits per heavy atom. The average molecular weight is 423 g/mol. The minimum Gasteiger partial charge on any atom is -0.329 e. The smallest absolute Gasteiger partial charge is 0.329 e. The summed E-state index contributed by atoms with van der Waals surface area (Å²) in [5.74, 6) is -0.581. The average Bonchev–Trinajstić information content (AvgIpc) is 2.62. The van der Waals surface area contributed by atoms with E-state index in [9.17, 15) is 18.0 Å². The second-order valence-corrected chi connectivity index (χ2v) is 7.15. The van der Waals surface area contributed by atoms with Gasteiger partial charge in [0, 0.05) is 11.0 Å². The lowest BCUT2D eigenvalue weighted by Crippen LogP contribution is -2.39. The van der Waals surface area contributed by atoms with Gasteiger partial charge in [-0.05, 0) is 44.3 Å². The molecule has 0 N–H and O–H groups in total. The van der Waals surface area contributed by atoms with E-state index < -0.39 is 18.6 Å². The molecule has 0 saturated carbocycles. The first kappa shape index (κ1) is 17.0. The number of alkyl halides is 3. The Balaban J connectivity index is 2.87. The highest BCUT2D eigenvalue weighted by atomic mass is 79.9. The van der Waals surface area contributed by atoms with E-state index in [1.807, 2.05) is 6.92 Å². The van der Waals surface area contributed by atoms with Crippen LogP contribution in [0.25, 0.3) is 0 Å².